The molecule has 0 saturated heterocycles. The van der Waals surface area contributed by atoms with E-state index in [1.165, 1.54) is 0 Å². The molecule has 0 heterocycles. The second kappa shape index (κ2) is 6.27. The van der Waals surface area contributed by atoms with Gasteiger partial charge in [-0.05, 0) is 5.53 Å². The summed E-state index contributed by atoms with van der Waals surface area (Å²) >= 11 is 0. The minimum atomic E-state index is -0.956. The summed E-state index contributed by atoms with van der Waals surface area (Å²) in [6.07, 6.45) is -0.956. The predicted molar refractivity (Wildman–Crippen MR) is 29.7 cm³/mol. The highest BCUT2D eigenvalue weighted by molar-refractivity contribution is 4.56. The van der Waals surface area contributed by atoms with Crippen LogP contribution in [0, 0.1) is 0 Å². The van der Waals surface area contributed by atoms with Gasteiger partial charge in [-0.15, -0.1) is 0 Å². The Bertz CT molecular complexity index is 123. The van der Waals surface area contributed by atoms with Crippen LogP contribution in [0.2, 0.25) is 0 Å². The van der Waals surface area contributed by atoms with Crippen LogP contribution in [-0.2, 0) is 9.93 Å². The maximum atomic E-state index is 8.73. The van der Waals surface area contributed by atoms with Gasteiger partial charge in [-0.3, -0.25) is 0 Å². The highest BCUT2D eigenvalue weighted by Crippen LogP contribution is 1.86. The van der Waals surface area contributed by atoms with Gasteiger partial charge in [-0.25, -0.2) is 10.1 Å². The first kappa shape index (κ1) is 9.15. The van der Waals surface area contributed by atoms with Crippen LogP contribution < -0.4 is 0 Å². The van der Waals surface area contributed by atoms with Crippen LogP contribution in [0.4, 0.5) is 0 Å². The standard InChI is InChI=1S/C3H7N3O4/c4-6-5-1-3(7)2-9-10-8/h3,7-8H,1-2H2. The van der Waals surface area contributed by atoms with Crippen LogP contribution in [0.5, 0.6) is 0 Å². The Labute approximate surface area is 56.3 Å². The van der Waals surface area contributed by atoms with E-state index in [1.54, 1.807) is 0 Å². The van der Waals surface area contributed by atoms with E-state index < -0.39 is 6.10 Å². The first-order valence-electron chi connectivity index (χ1n) is 2.43. The first-order valence-corrected chi connectivity index (χ1v) is 2.43. The molecule has 10 heavy (non-hydrogen) atoms. The van der Waals surface area contributed by atoms with Crippen LogP contribution in [0.15, 0.2) is 5.11 Å². The van der Waals surface area contributed by atoms with Crippen molar-refractivity contribution < 1.29 is 20.3 Å². The van der Waals surface area contributed by atoms with Crippen molar-refractivity contribution in [2.24, 2.45) is 5.11 Å². The third kappa shape index (κ3) is 5.29. The van der Waals surface area contributed by atoms with E-state index in [0.717, 1.165) is 0 Å². The maximum Gasteiger partial charge on any atom is 0.111 e. The lowest BCUT2D eigenvalue weighted by Gasteiger charge is -2.02. The molecule has 58 valence electrons. The molecule has 0 aliphatic carbocycles. The molecule has 2 N–H and O–H groups in total. The molecule has 0 aromatic carbocycles. The summed E-state index contributed by atoms with van der Waals surface area (Å²) in [5.74, 6) is 0. The van der Waals surface area contributed by atoms with E-state index in [1.807, 2.05) is 0 Å². The zero-order valence-electron chi connectivity index (χ0n) is 5.04. The number of hydrogen-bond donors (Lipinski definition) is 2. The van der Waals surface area contributed by atoms with Gasteiger partial charge >= 0.3 is 0 Å². The maximum absolute atomic E-state index is 8.73. The fourth-order valence-corrected chi connectivity index (χ4v) is 0.292. The number of rotatable bonds is 5. The summed E-state index contributed by atoms with van der Waals surface area (Å²) in [7, 11) is 0. The lowest BCUT2D eigenvalue weighted by molar-refractivity contribution is -0.494. The fourth-order valence-electron chi connectivity index (χ4n) is 0.292. The molecular weight excluding hydrogens is 142 g/mol. The SMILES string of the molecule is [N-]=[N+]=NCC(O)COOO. The van der Waals surface area contributed by atoms with Crippen molar-refractivity contribution in [1.29, 1.82) is 0 Å². The van der Waals surface area contributed by atoms with Gasteiger partial charge in [0, 0.05) is 4.91 Å². The predicted octanol–water partition coefficient (Wildman–Crippen LogP) is 0.0788. The van der Waals surface area contributed by atoms with Gasteiger partial charge in [0.15, 0.2) is 0 Å². The zero-order chi connectivity index (χ0) is 7.82. The summed E-state index contributed by atoms with van der Waals surface area (Å²) in [4.78, 5) is 6.30. The molecule has 7 nitrogen and oxygen atoms in total. The molecular formula is C3H7N3O4. The van der Waals surface area contributed by atoms with Crippen LogP contribution in [0.25, 0.3) is 10.4 Å². The average Bonchev–Trinajstić information content (AvgIpc) is 1.97. The zero-order valence-corrected chi connectivity index (χ0v) is 5.04. The molecule has 0 radical (unpaired) electrons. The number of nitrogens with zero attached hydrogens (tertiary/aromatic N) is 3. The topological polar surface area (TPSA) is 108 Å². The third-order valence-electron chi connectivity index (χ3n) is 0.669. The Morgan fingerprint density at radius 3 is 2.90 bits per heavy atom. The molecule has 0 aliphatic heterocycles. The van der Waals surface area contributed by atoms with Crippen LogP contribution in [-0.4, -0.2) is 29.6 Å². The van der Waals surface area contributed by atoms with E-state index in [0.29, 0.717) is 0 Å². The number of aliphatic hydroxyl groups excluding tert-OH is 1. The smallest absolute Gasteiger partial charge is 0.111 e. The van der Waals surface area contributed by atoms with Gasteiger partial charge in [0.25, 0.3) is 0 Å². The summed E-state index contributed by atoms with van der Waals surface area (Å²) in [5, 5.41) is 22.6. The van der Waals surface area contributed by atoms with Crippen LogP contribution >= 0.6 is 0 Å². The lowest BCUT2D eigenvalue weighted by atomic mass is 10.4. The Morgan fingerprint density at radius 2 is 2.40 bits per heavy atom. The van der Waals surface area contributed by atoms with Crippen molar-refractivity contribution in [2.45, 2.75) is 6.10 Å². The summed E-state index contributed by atoms with van der Waals surface area (Å²) in [6.45, 7) is -0.352. The largest absolute Gasteiger partial charge is 0.390 e. The Balaban J connectivity index is 3.24. The lowest BCUT2D eigenvalue weighted by Crippen LogP contribution is -2.17. The van der Waals surface area contributed by atoms with Crippen molar-refractivity contribution in [2.75, 3.05) is 13.2 Å². The van der Waals surface area contributed by atoms with Gasteiger partial charge in [0.2, 0.25) is 0 Å². The first-order chi connectivity index (χ1) is 4.81. The number of hydrogen-bond acceptors (Lipinski definition) is 5. The monoisotopic (exact) mass is 149 g/mol. The van der Waals surface area contributed by atoms with E-state index in [-0.39, 0.29) is 13.2 Å². The molecule has 0 bridgehead atoms. The van der Waals surface area contributed by atoms with Crippen LogP contribution in [0.1, 0.15) is 0 Å². The fraction of sp³-hybridized carbons (Fsp3) is 1.00. The van der Waals surface area contributed by atoms with Crippen molar-refractivity contribution in [1.82, 2.24) is 0 Å². The summed E-state index contributed by atoms with van der Waals surface area (Å²) in [6, 6.07) is 0. The minimum absolute atomic E-state index is 0.111. The molecule has 0 spiro atoms. The molecule has 1 unspecified atom stereocenters. The third-order valence-corrected chi connectivity index (χ3v) is 0.669. The molecule has 0 rings (SSSR count). The second-order valence-electron chi connectivity index (χ2n) is 1.43. The number of azide groups is 1. The molecule has 0 aromatic heterocycles. The molecule has 0 aromatic rings. The second-order valence-corrected chi connectivity index (χ2v) is 1.43. The van der Waals surface area contributed by atoms with Gasteiger partial charge in [-0.2, -0.15) is 0 Å². The molecule has 0 saturated carbocycles. The van der Waals surface area contributed by atoms with Crippen LogP contribution in [0.3, 0.4) is 0 Å². The van der Waals surface area contributed by atoms with E-state index in [4.69, 9.17) is 15.9 Å². The molecule has 0 amide bonds. The van der Waals surface area contributed by atoms with Gasteiger partial charge in [-0.1, -0.05) is 10.2 Å². The van der Waals surface area contributed by atoms with Gasteiger partial charge in [0.05, 0.1) is 12.6 Å². The Hall–Kier alpha value is -0.850. The van der Waals surface area contributed by atoms with Crippen molar-refractivity contribution in [3.8, 4) is 0 Å². The van der Waals surface area contributed by atoms with E-state index >= 15 is 0 Å². The Kier molecular flexibility index (Phi) is 5.74. The highest BCUT2D eigenvalue weighted by Gasteiger charge is 2.01. The quantitative estimate of drug-likeness (QED) is 0.189. The Morgan fingerprint density at radius 1 is 1.70 bits per heavy atom. The van der Waals surface area contributed by atoms with Gasteiger partial charge in [0.1, 0.15) is 6.61 Å². The molecule has 1 atom stereocenters. The summed E-state index contributed by atoms with van der Waals surface area (Å²) < 4.78 is 0. The van der Waals surface area contributed by atoms with Crippen molar-refractivity contribution in [3.05, 3.63) is 10.4 Å². The normalized spacial score (nSPS) is 12.2. The van der Waals surface area contributed by atoms with E-state index in [9.17, 15) is 0 Å². The average molecular weight is 149 g/mol. The number of aliphatic hydroxyl groups is 1. The molecule has 0 fully saturated rings. The van der Waals surface area contributed by atoms with Gasteiger partial charge < -0.3 is 5.11 Å². The van der Waals surface area contributed by atoms with E-state index in [2.05, 4.69) is 20.0 Å². The molecule has 7 heteroatoms. The highest BCUT2D eigenvalue weighted by atomic mass is 17.5. The van der Waals surface area contributed by atoms with Crippen molar-refractivity contribution in [3.63, 3.8) is 0 Å². The summed E-state index contributed by atoms with van der Waals surface area (Å²) in [5.41, 5.74) is 7.77. The molecule has 0 aliphatic rings. The minimum Gasteiger partial charge on any atom is -0.390 e. The van der Waals surface area contributed by atoms with Crippen molar-refractivity contribution >= 4 is 0 Å².